The second-order valence-corrected chi connectivity index (χ2v) is 11.5. The van der Waals surface area contributed by atoms with Gasteiger partial charge in [0.2, 0.25) is 0 Å². The summed E-state index contributed by atoms with van der Waals surface area (Å²) in [6.45, 7) is 8.13. The molecule has 0 saturated heterocycles. The van der Waals surface area contributed by atoms with E-state index in [9.17, 15) is 14.4 Å². The zero-order chi connectivity index (χ0) is 30.5. The normalized spacial score (nSPS) is 11.4. The maximum absolute atomic E-state index is 12.8. The number of hydrogen-bond acceptors (Lipinski definition) is 7. The maximum Gasteiger partial charge on any atom is 0.340 e. The summed E-state index contributed by atoms with van der Waals surface area (Å²) in [5, 5.41) is 0.501. The first-order chi connectivity index (χ1) is 20.1. The Bertz CT molecular complexity index is 1320. The van der Waals surface area contributed by atoms with Gasteiger partial charge in [-0.15, -0.1) is 0 Å². The van der Waals surface area contributed by atoms with Crippen LogP contribution in [-0.2, 0) is 20.8 Å². The van der Waals surface area contributed by atoms with Crippen LogP contribution in [-0.4, -0.2) is 48.2 Å². The minimum Gasteiger partial charge on any atom is -0.494 e. The predicted octanol–water partition coefficient (Wildman–Crippen LogP) is 7.55. The standard InChI is InChI=1S/C34H45NO7/c1-6-7-8-9-10-11-12-13-20-40-27-15-17-28(18-16-27)41-24-26(36)22-35-23-30(33(38)39-5)29-21-25(14-19-31(29)35)32(37)42-34(2,3)4/h14-19,21,23H,6-13,20,22,24H2,1-5H3. The lowest BCUT2D eigenvalue weighted by atomic mass is 10.1. The number of carbonyl (C=O) groups is 3. The van der Waals surface area contributed by atoms with Crippen molar-refractivity contribution in [3.63, 3.8) is 0 Å². The number of benzene rings is 2. The number of fused-ring (bicyclic) bond motifs is 1. The van der Waals surface area contributed by atoms with Crippen molar-refractivity contribution in [3.05, 3.63) is 59.8 Å². The Morgan fingerprint density at radius 2 is 1.40 bits per heavy atom. The van der Waals surface area contributed by atoms with Crippen molar-refractivity contribution in [2.45, 2.75) is 91.2 Å². The van der Waals surface area contributed by atoms with Crippen molar-refractivity contribution in [3.8, 4) is 11.5 Å². The van der Waals surface area contributed by atoms with Crippen LogP contribution >= 0.6 is 0 Å². The van der Waals surface area contributed by atoms with E-state index in [1.165, 1.54) is 52.1 Å². The van der Waals surface area contributed by atoms with Gasteiger partial charge in [-0.05, 0) is 69.7 Å². The van der Waals surface area contributed by atoms with Gasteiger partial charge in [0, 0.05) is 17.1 Å². The number of esters is 2. The quantitative estimate of drug-likeness (QED) is 0.120. The smallest absolute Gasteiger partial charge is 0.340 e. The second kappa shape index (κ2) is 16.0. The molecular weight excluding hydrogens is 534 g/mol. The minimum atomic E-state index is -0.657. The van der Waals surface area contributed by atoms with Crippen LogP contribution in [0.1, 0.15) is 99.8 Å². The van der Waals surface area contributed by atoms with E-state index in [1.54, 1.807) is 61.9 Å². The number of rotatable bonds is 17. The van der Waals surface area contributed by atoms with E-state index in [2.05, 4.69) is 6.92 Å². The number of ether oxygens (including phenoxy) is 4. The van der Waals surface area contributed by atoms with Crippen LogP contribution in [0.15, 0.2) is 48.7 Å². The van der Waals surface area contributed by atoms with Gasteiger partial charge in [0.15, 0.2) is 5.78 Å². The lowest BCUT2D eigenvalue weighted by Gasteiger charge is -2.19. The summed E-state index contributed by atoms with van der Waals surface area (Å²) in [5.74, 6) is 0.0963. The number of carbonyl (C=O) groups excluding carboxylic acids is 3. The fourth-order valence-electron chi connectivity index (χ4n) is 4.62. The van der Waals surface area contributed by atoms with Crippen molar-refractivity contribution in [1.29, 1.82) is 0 Å². The molecule has 0 radical (unpaired) electrons. The van der Waals surface area contributed by atoms with Crippen LogP contribution in [0, 0.1) is 0 Å². The van der Waals surface area contributed by atoms with Crippen LogP contribution in [0.5, 0.6) is 11.5 Å². The Morgan fingerprint density at radius 3 is 2.02 bits per heavy atom. The SMILES string of the molecule is CCCCCCCCCCOc1ccc(OCC(=O)Cn2cc(C(=O)OC)c3cc(C(=O)OC(C)(C)C)ccc32)cc1. The number of aromatic nitrogens is 1. The van der Waals surface area contributed by atoms with Crippen LogP contribution in [0.25, 0.3) is 10.9 Å². The van der Waals surface area contributed by atoms with Gasteiger partial charge < -0.3 is 23.5 Å². The van der Waals surface area contributed by atoms with Crippen LogP contribution in [0.2, 0.25) is 0 Å². The number of unbranched alkanes of at least 4 members (excludes halogenated alkanes) is 7. The fraction of sp³-hybridized carbons (Fsp3) is 0.500. The van der Waals surface area contributed by atoms with Gasteiger partial charge in [-0.3, -0.25) is 4.79 Å². The fourth-order valence-corrected chi connectivity index (χ4v) is 4.62. The minimum absolute atomic E-state index is 0.0148. The Labute approximate surface area is 249 Å². The van der Waals surface area contributed by atoms with Gasteiger partial charge in [0.1, 0.15) is 23.7 Å². The average molecular weight is 580 g/mol. The van der Waals surface area contributed by atoms with Crippen LogP contribution in [0.3, 0.4) is 0 Å². The highest BCUT2D eigenvalue weighted by Gasteiger charge is 2.22. The molecule has 0 N–H and O–H groups in total. The lowest BCUT2D eigenvalue weighted by molar-refractivity contribution is -0.121. The summed E-state index contributed by atoms with van der Waals surface area (Å²) >= 11 is 0. The number of hydrogen-bond donors (Lipinski definition) is 0. The molecule has 1 aromatic heterocycles. The summed E-state index contributed by atoms with van der Waals surface area (Å²) in [7, 11) is 1.29. The molecule has 0 spiro atoms. The van der Waals surface area contributed by atoms with E-state index in [4.69, 9.17) is 18.9 Å². The third-order valence-corrected chi connectivity index (χ3v) is 6.76. The van der Waals surface area contributed by atoms with Gasteiger partial charge in [-0.2, -0.15) is 0 Å². The van der Waals surface area contributed by atoms with Gasteiger partial charge in [0.05, 0.1) is 31.4 Å². The molecule has 0 fully saturated rings. The topological polar surface area (TPSA) is 93.1 Å². The zero-order valence-corrected chi connectivity index (χ0v) is 25.7. The largest absolute Gasteiger partial charge is 0.494 e. The summed E-state index contributed by atoms with van der Waals surface area (Å²) in [5.41, 5.74) is 0.527. The van der Waals surface area contributed by atoms with Crippen LogP contribution < -0.4 is 9.47 Å². The molecule has 0 aliphatic carbocycles. The Morgan fingerprint density at radius 1 is 0.786 bits per heavy atom. The number of methoxy groups -OCH3 is 1. The molecule has 0 aliphatic rings. The molecule has 8 heteroatoms. The van der Waals surface area contributed by atoms with E-state index in [0.717, 1.165) is 12.2 Å². The summed E-state index contributed by atoms with van der Waals surface area (Å²) in [4.78, 5) is 37.9. The van der Waals surface area contributed by atoms with E-state index in [-0.39, 0.29) is 24.5 Å². The Kier molecular flexibility index (Phi) is 12.5. The molecule has 0 saturated carbocycles. The number of Topliss-reactive ketones (excluding diaryl/α,β-unsaturated/α-hetero) is 1. The van der Waals surface area contributed by atoms with Gasteiger partial charge >= 0.3 is 11.9 Å². The van der Waals surface area contributed by atoms with Crippen molar-refractivity contribution >= 4 is 28.6 Å². The van der Waals surface area contributed by atoms with E-state index in [0.29, 0.717) is 28.8 Å². The molecule has 0 bridgehead atoms. The Balaban J connectivity index is 1.52. The van der Waals surface area contributed by atoms with Gasteiger partial charge in [0.25, 0.3) is 0 Å². The van der Waals surface area contributed by atoms with Gasteiger partial charge in [-0.1, -0.05) is 51.9 Å². The molecule has 3 aromatic rings. The number of ketones is 1. The third kappa shape index (κ3) is 10.2. The van der Waals surface area contributed by atoms with E-state index < -0.39 is 17.5 Å². The molecule has 3 rings (SSSR count). The van der Waals surface area contributed by atoms with Crippen molar-refractivity contribution in [1.82, 2.24) is 4.57 Å². The highest BCUT2D eigenvalue weighted by molar-refractivity contribution is 6.07. The van der Waals surface area contributed by atoms with Crippen molar-refractivity contribution in [2.24, 2.45) is 0 Å². The molecule has 0 unspecified atom stereocenters. The highest BCUT2D eigenvalue weighted by atomic mass is 16.6. The first-order valence-electron chi connectivity index (χ1n) is 14.9. The lowest BCUT2D eigenvalue weighted by Crippen LogP contribution is -2.23. The molecule has 8 nitrogen and oxygen atoms in total. The highest BCUT2D eigenvalue weighted by Crippen LogP contribution is 2.25. The summed E-state index contributed by atoms with van der Waals surface area (Å²) in [6.07, 6.45) is 11.6. The second-order valence-electron chi connectivity index (χ2n) is 11.5. The van der Waals surface area contributed by atoms with E-state index >= 15 is 0 Å². The molecule has 42 heavy (non-hydrogen) atoms. The van der Waals surface area contributed by atoms with E-state index in [1.807, 2.05) is 12.1 Å². The first-order valence-corrected chi connectivity index (χ1v) is 14.9. The Hall–Kier alpha value is -3.81. The molecular formula is C34H45NO7. The predicted molar refractivity (Wildman–Crippen MR) is 163 cm³/mol. The van der Waals surface area contributed by atoms with Gasteiger partial charge in [-0.25, -0.2) is 9.59 Å². The summed E-state index contributed by atoms with van der Waals surface area (Å²) in [6, 6.07) is 12.2. The third-order valence-electron chi connectivity index (χ3n) is 6.76. The average Bonchev–Trinajstić information content (AvgIpc) is 3.32. The number of nitrogens with zero attached hydrogens (tertiary/aromatic N) is 1. The molecule has 0 aliphatic heterocycles. The first kappa shape index (κ1) is 32.7. The maximum atomic E-state index is 12.8. The molecule has 0 amide bonds. The molecule has 1 heterocycles. The molecule has 2 aromatic carbocycles. The monoisotopic (exact) mass is 579 g/mol. The summed E-state index contributed by atoms with van der Waals surface area (Å²) < 4.78 is 23.6. The van der Waals surface area contributed by atoms with Crippen molar-refractivity contribution < 1.29 is 33.3 Å². The zero-order valence-electron chi connectivity index (χ0n) is 25.7. The van der Waals surface area contributed by atoms with Crippen LogP contribution in [0.4, 0.5) is 0 Å². The molecule has 0 atom stereocenters. The van der Waals surface area contributed by atoms with Crippen molar-refractivity contribution in [2.75, 3.05) is 20.3 Å². The molecule has 228 valence electrons.